The van der Waals surface area contributed by atoms with Crippen molar-refractivity contribution >= 4 is 17.2 Å². The van der Waals surface area contributed by atoms with Gasteiger partial charge in [0.05, 0.1) is 11.3 Å². The van der Waals surface area contributed by atoms with Gasteiger partial charge in [-0.15, -0.1) is 11.3 Å². The molecule has 0 saturated carbocycles. The lowest BCUT2D eigenvalue weighted by Gasteiger charge is -2.27. The lowest BCUT2D eigenvalue weighted by atomic mass is 10.0. The van der Waals surface area contributed by atoms with Gasteiger partial charge in [0, 0.05) is 35.5 Å². The largest absolute Gasteiger partial charge is 0.361 e. The quantitative estimate of drug-likeness (QED) is 0.701. The molecule has 3 aromatic heterocycles. The Morgan fingerprint density at radius 2 is 2.14 bits per heavy atom. The van der Waals surface area contributed by atoms with Crippen LogP contribution in [0.4, 0.5) is 0 Å². The average Bonchev–Trinajstić information content (AvgIpc) is 3.36. The molecule has 0 spiro atoms. The van der Waals surface area contributed by atoms with Crippen LogP contribution in [0.5, 0.6) is 0 Å². The minimum absolute atomic E-state index is 0.0972. The fourth-order valence-corrected chi connectivity index (χ4v) is 4.60. The SMILES string of the molecule is Cc1noc([C@@H](C)NC(=O)c2csc3c2CCN(Cc2c(C)noc2C)C3)n1. The number of carbonyl (C=O) groups excluding carboxylic acids is 1. The Hall–Kier alpha value is -2.52. The summed E-state index contributed by atoms with van der Waals surface area (Å²) >= 11 is 1.64. The van der Waals surface area contributed by atoms with Crippen LogP contribution >= 0.6 is 11.3 Å². The smallest absolute Gasteiger partial charge is 0.253 e. The lowest BCUT2D eigenvalue weighted by Crippen LogP contribution is -2.32. The Balaban J connectivity index is 1.44. The topological polar surface area (TPSA) is 97.3 Å². The minimum atomic E-state index is -0.330. The first kappa shape index (κ1) is 18.8. The summed E-state index contributed by atoms with van der Waals surface area (Å²) in [6.45, 7) is 10.1. The zero-order valence-electron chi connectivity index (χ0n) is 16.4. The molecular formula is C19H23N5O3S. The zero-order chi connectivity index (χ0) is 19.8. The second-order valence-corrected chi connectivity index (χ2v) is 8.15. The maximum Gasteiger partial charge on any atom is 0.253 e. The predicted octanol–water partition coefficient (Wildman–Crippen LogP) is 3.09. The van der Waals surface area contributed by atoms with E-state index in [1.165, 1.54) is 4.88 Å². The zero-order valence-corrected chi connectivity index (χ0v) is 17.2. The molecule has 1 N–H and O–H groups in total. The molecule has 0 unspecified atom stereocenters. The summed E-state index contributed by atoms with van der Waals surface area (Å²) in [5.41, 5.74) is 3.99. The molecule has 1 aliphatic heterocycles. The fourth-order valence-electron chi connectivity index (χ4n) is 3.48. The normalized spacial score (nSPS) is 15.4. The van der Waals surface area contributed by atoms with E-state index in [1.807, 2.05) is 26.2 Å². The number of amides is 1. The Bertz CT molecular complexity index is 986. The highest BCUT2D eigenvalue weighted by Crippen LogP contribution is 2.30. The molecule has 0 bridgehead atoms. The molecule has 148 valence electrons. The Morgan fingerprint density at radius 3 is 2.82 bits per heavy atom. The van der Waals surface area contributed by atoms with Crippen molar-refractivity contribution in [1.82, 2.24) is 25.5 Å². The number of rotatable bonds is 5. The van der Waals surface area contributed by atoms with Crippen LogP contribution in [-0.2, 0) is 19.5 Å². The van der Waals surface area contributed by atoms with Gasteiger partial charge in [-0.05, 0) is 39.7 Å². The summed E-state index contributed by atoms with van der Waals surface area (Å²) in [7, 11) is 0. The summed E-state index contributed by atoms with van der Waals surface area (Å²) in [5.74, 6) is 1.75. The first-order valence-electron chi connectivity index (χ1n) is 9.26. The van der Waals surface area contributed by atoms with Crippen molar-refractivity contribution < 1.29 is 13.8 Å². The molecule has 0 aromatic carbocycles. The molecule has 0 aliphatic carbocycles. The van der Waals surface area contributed by atoms with Crippen molar-refractivity contribution in [3.8, 4) is 0 Å². The Morgan fingerprint density at radius 1 is 1.32 bits per heavy atom. The number of aromatic nitrogens is 3. The number of carbonyl (C=O) groups is 1. The number of fused-ring (bicyclic) bond motifs is 1. The first-order chi connectivity index (χ1) is 13.4. The molecular weight excluding hydrogens is 378 g/mol. The second-order valence-electron chi connectivity index (χ2n) is 7.19. The van der Waals surface area contributed by atoms with Crippen LogP contribution in [-0.4, -0.2) is 32.6 Å². The summed E-state index contributed by atoms with van der Waals surface area (Å²) in [6, 6.07) is -0.330. The van der Waals surface area contributed by atoms with Gasteiger partial charge < -0.3 is 14.4 Å². The van der Waals surface area contributed by atoms with E-state index in [0.29, 0.717) is 11.7 Å². The standard InChI is InChI=1S/C19H23N5O3S/c1-10-15(12(3)26-22-10)7-24-6-5-14-16(9-28-17(14)8-24)18(25)20-11(2)19-21-13(4)23-27-19/h9,11H,5-8H2,1-4H3,(H,20,25)/t11-/m1/s1. The summed E-state index contributed by atoms with van der Waals surface area (Å²) in [5, 5.41) is 12.7. The van der Waals surface area contributed by atoms with Gasteiger partial charge >= 0.3 is 0 Å². The molecule has 4 heterocycles. The van der Waals surface area contributed by atoms with Crippen molar-refractivity contribution in [2.75, 3.05) is 6.54 Å². The van der Waals surface area contributed by atoms with Gasteiger partial charge in [-0.1, -0.05) is 10.3 Å². The predicted molar refractivity (Wildman–Crippen MR) is 103 cm³/mol. The first-order valence-corrected chi connectivity index (χ1v) is 10.1. The molecule has 0 radical (unpaired) electrons. The number of hydrogen-bond acceptors (Lipinski definition) is 8. The molecule has 9 heteroatoms. The van der Waals surface area contributed by atoms with Crippen molar-refractivity contribution in [2.45, 2.75) is 53.2 Å². The van der Waals surface area contributed by atoms with Crippen LogP contribution < -0.4 is 5.32 Å². The third kappa shape index (κ3) is 3.59. The molecule has 1 aliphatic rings. The number of thiophene rings is 1. The monoisotopic (exact) mass is 401 g/mol. The van der Waals surface area contributed by atoms with Crippen LogP contribution in [0.1, 0.15) is 62.5 Å². The van der Waals surface area contributed by atoms with E-state index < -0.39 is 0 Å². The number of nitrogens with one attached hydrogen (secondary N) is 1. The summed E-state index contributed by atoms with van der Waals surface area (Å²) in [4.78, 5) is 20.6. The van der Waals surface area contributed by atoms with Crippen molar-refractivity contribution in [1.29, 1.82) is 0 Å². The molecule has 1 atom stereocenters. The van der Waals surface area contributed by atoms with E-state index in [1.54, 1.807) is 18.3 Å². The third-order valence-corrected chi connectivity index (χ3v) is 6.11. The van der Waals surface area contributed by atoms with Gasteiger partial charge in [-0.3, -0.25) is 9.69 Å². The van der Waals surface area contributed by atoms with Crippen LogP contribution in [0.25, 0.3) is 0 Å². The molecule has 8 nitrogen and oxygen atoms in total. The molecule has 0 fully saturated rings. The van der Waals surface area contributed by atoms with Crippen LogP contribution in [0.15, 0.2) is 14.4 Å². The number of hydrogen-bond donors (Lipinski definition) is 1. The van der Waals surface area contributed by atoms with Crippen molar-refractivity contribution in [3.05, 3.63) is 50.1 Å². The Kier molecular flexibility index (Phi) is 5.03. The van der Waals surface area contributed by atoms with Gasteiger partial charge in [0.2, 0.25) is 5.89 Å². The number of aryl methyl sites for hydroxylation is 3. The summed E-state index contributed by atoms with van der Waals surface area (Å²) < 4.78 is 10.4. The van der Waals surface area contributed by atoms with Crippen molar-refractivity contribution in [3.63, 3.8) is 0 Å². The Labute approximate surface area is 166 Å². The van der Waals surface area contributed by atoms with Crippen LogP contribution in [0.3, 0.4) is 0 Å². The van der Waals surface area contributed by atoms with Crippen LogP contribution in [0, 0.1) is 20.8 Å². The molecule has 1 amide bonds. The maximum atomic E-state index is 12.8. The summed E-state index contributed by atoms with van der Waals surface area (Å²) in [6.07, 6.45) is 0.846. The molecule has 28 heavy (non-hydrogen) atoms. The van der Waals surface area contributed by atoms with Gasteiger partial charge in [0.25, 0.3) is 5.91 Å². The van der Waals surface area contributed by atoms with Crippen LogP contribution in [0.2, 0.25) is 0 Å². The van der Waals surface area contributed by atoms with Gasteiger partial charge in [-0.25, -0.2) is 0 Å². The number of nitrogens with zero attached hydrogens (tertiary/aromatic N) is 4. The van der Waals surface area contributed by atoms with Gasteiger partial charge in [0.15, 0.2) is 5.82 Å². The van der Waals surface area contributed by atoms with E-state index in [0.717, 1.165) is 54.2 Å². The average molecular weight is 401 g/mol. The minimum Gasteiger partial charge on any atom is -0.361 e. The lowest BCUT2D eigenvalue weighted by molar-refractivity contribution is 0.0931. The maximum absolute atomic E-state index is 12.8. The van der Waals surface area contributed by atoms with E-state index in [2.05, 4.69) is 25.5 Å². The highest BCUT2D eigenvalue weighted by molar-refractivity contribution is 7.10. The fraction of sp³-hybridized carbons (Fsp3) is 0.474. The van der Waals surface area contributed by atoms with Gasteiger partial charge in [0.1, 0.15) is 11.8 Å². The van der Waals surface area contributed by atoms with E-state index in [-0.39, 0.29) is 11.9 Å². The highest BCUT2D eigenvalue weighted by Gasteiger charge is 2.26. The van der Waals surface area contributed by atoms with E-state index >= 15 is 0 Å². The molecule has 4 rings (SSSR count). The highest BCUT2D eigenvalue weighted by atomic mass is 32.1. The van der Waals surface area contributed by atoms with Crippen molar-refractivity contribution in [2.24, 2.45) is 0 Å². The molecule has 3 aromatic rings. The van der Waals surface area contributed by atoms with E-state index in [9.17, 15) is 4.79 Å². The molecule has 0 saturated heterocycles. The third-order valence-electron chi connectivity index (χ3n) is 5.09. The van der Waals surface area contributed by atoms with Gasteiger partial charge in [-0.2, -0.15) is 4.98 Å². The van der Waals surface area contributed by atoms with E-state index in [4.69, 9.17) is 9.05 Å². The second kappa shape index (κ2) is 7.48.